The SMILES string of the molecule is CC1(C(C(O)C(C)(C)C(N)=O)C2(C)CCCCC2)CCCCC1. The van der Waals surface area contributed by atoms with Gasteiger partial charge in [-0.2, -0.15) is 0 Å². The molecule has 23 heavy (non-hydrogen) atoms. The van der Waals surface area contributed by atoms with Crippen LogP contribution in [0.25, 0.3) is 0 Å². The van der Waals surface area contributed by atoms with E-state index in [4.69, 9.17) is 5.73 Å². The van der Waals surface area contributed by atoms with Gasteiger partial charge in [0.15, 0.2) is 0 Å². The summed E-state index contributed by atoms with van der Waals surface area (Å²) in [5.41, 5.74) is 5.03. The van der Waals surface area contributed by atoms with E-state index >= 15 is 0 Å². The fraction of sp³-hybridized carbons (Fsp3) is 0.950. The third-order valence-corrected chi connectivity index (χ3v) is 7.18. The molecule has 0 aromatic heterocycles. The molecule has 0 spiro atoms. The van der Waals surface area contributed by atoms with Crippen LogP contribution in [0.4, 0.5) is 0 Å². The lowest BCUT2D eigenvalue weighted by atomic mass is 9.50. The smallest absolute Gasteiger partial charge is 0.225 e. The number of carbonyl (C=O) groups excluding carboxylic acids is 1. The normalized spacial score (nSPS) is 26.0. The Morgan fingerprint density at radius 2 is 1.26 bits per heavy atom. The van der Waals surface area contributed by atoms with Crippen LogP contribution < -0.4 is 5.73 Å². The Labute approximate surface area is 142 Å². The highest BCUT2D eigenvalue weighted by Gasteiger charge is 2.54. The summed E-state index contributed by atoms with van der Waals surface area (Å²) < 4.78 is 0. The molecule has 2 aliphatic carbocycles. The number of carbonyl (C=O) groups is 1. The molecular weight excluding hydrogens is 286 g/mol. The number of primary amides is 1. The van der Waals surface area contributed by atoms with Gasteiger partial charge in [-0.3, -0.25) is 4.79 Å². The Kier molecular flexibility index (Phi) is 5.50. The lowest BCUT2D eigenvalue weighted by molar-refractivity contribution is -0.151. The van der Waals surface area contributed by atoms with Gasteiger partial charge in [0.05, 0.1) is 11.5 Å². The third kappa shape index (κ3) is 3.60. The van der Waals surface area contributed by atoms with Gasteiger partial charge in [-0.15, -0.1) is 0 Å². The van der Waals surface area contributed by atoms with E-state index in [9.17, 15) is 9.90 Å². The van der Waals surface area contributed by atoms with Crippen LogP contribution in [0.15, 0.2) is 0 Å². The predicted molar refractivity (Wildman–Crippen MR) is 94.9 cm³/mol. The molecule has 0 saturated heterocycles. The molecule has 0 bridgehead atoms. The van der Waals surface area contributed by atoms with Crippen LogP contribution in [0.5, 0.6) is 0 Å². The van der Waals surface area contributed by atoms with Gasteiger partial charge in [-0.1, -0.05) is 52.4 Å². The van der Waals surface area contributed by atoms with Gasteiger partial charge in [0.1, 0.15) is 0 Å². The Balaban J connectivity index is 2.40. The van der Waals surface area contributed by atoms with Crippen molar-refractivity contribution in [2.45, 2.75) is 98.0 Å². The van der Waals surface area contributed by atoms with Gasteiger partial charge in [-0.05, 0) is 56.3 Å². The highest BCUT2D eigenvalue weighted by atomic mass is 16.3. The molecule has 0 heterocycles. The molecule has 2 rings (SSSR count). The van der Waals surface area contributed by atoms with Crippen LogP contribution in [0.2, 0.25) is 0 Å². The van der Waals surface area contributed by atoms with Crippen LogP contribution in [0, 0.1) is 22.2 Å². The second-order valence-corrected chi connectivity index (χ2v) is 9.44. The summed E-state index contributed by atoms with van der Waals surface area (Å²) in [7, 11) is 0. The van der Waals surface area contributed by atoms with Crippen molar-refractivity contribution in [2.75, 3.05) is 0 Å². The number of rotatable bonds is 5. The minimum Gasteiger partial charge on any atom is -0.392 e. The van der Waals surface area contributed by atoms with E-state index in [2.05, 4.69) is 13.8 Å². The Bertz CT molecular complexity index is 393. The summed E-state index contributed by atoms with van der Waals surface area (Å²) in [6, 6.07) is 0. The van der Waals surface area contributed by atoms with E-state index in [1.54, 1.807) is 0 Å². The second-order valence-electron chi connectivity index (χ2n) is 9.44. The molecule has 3 heteroatoms. The van der Waals surface area contributed by atoms with Crippen LogP contribution in [0.1, 0.15) is 91.9 Å². The predicted octanol–water partition coefficient (Wildman–Crippen LogP) is 4.42. The molecule has 2 saturated carbocycles. The molecule has 0 aliphatic heterocycles. The zero-order chi connectivity index (χ0) is 17.3. The summed E-state index contributed by atoms with van der Waals surface area (Å²) in [5, 5.41) is 11.3. The Morgan fingerprint density at radius 1 is 0.913 bits per heavy atom. The van der Waals surface area contributed by atoms with Crippen molar-refractivity contribution < 1.29 is 9.90 Å². The summed E-state index contributed by atoms with van der Waals surface area (Å²) in [6.07, 6.45) is 11.6. The zero-order valence-corrected chi connectivity index (χ0v) is 15.7. The van der Waals surface area contributed by atoms with Crippen molar-refractivity contribution in [3.8, 4) is 0 Å². The van der Waals surface area contributed by atoms with Crippen molar-refractivity contribution in [2.24, 2.45) is 27.9 Å². The maximum Gasteiger partial charge on any atom is 0.225 e. The molecule has 2 aliphatic rings. The van der Waals surface area contributed by atoms with Crippen LogP contribution in [-0.2, 0) is 4.79 Å². The van der Waals surface area contributed by atoms with E-state index in [0.29, 0.717) is 0 Å². The molecule has 2 fully saturated rings. The minimum absolute atomic E-state index is 0.122. The van der Waals surface area contributed by atoms with E-state index in [0.717, 1.165) is 0 Å². The first-order valence-electron chi connectivity index (χ1n) is 9.61. The topological polar surface area (TPSA) is 63.3 Å². The van der Waals surface area contributed by atoms with Crippen LogP contribution in [-0.4, -0.2) is 17.1 Å². The zero-order valence-electron chi connectivity index (χ0n) is 15.7. The fourth-order valence-electron chi connectivity index (χ4n) is 5.51. The fourth-order valence-corrected chi connectivity index (χ4v) is 5.51. The van der Waals surface area contributed by atoms with Gasteiger partial charge in [0.2, 0.25) is 5.91 Å². The molecule has 1 unspecified atom stereocenters. The maximum atomic E-state index is 12.0. The molecule has 134 valence electrons. The van der Waals surface area contributed by atoms with Crippen molar-refractivity contribution in [1.82, 2.24) is 0 Å². The van der Waals surface area contributed by atoms with E-state index in [1.165, 1.54) is 64.2 Å². The summed E-state index contributed by atoms with van der Waals surface area (Å²) >= 11 is 0. The average molecular weight is 324 g/mol. The largest absolute Gasteiger partial charge is 0.392 e. The van der Waals surface area contributed by atoms with Crippen LogP contribution in [0.3, 0.4) is 0 Å². The molecule has 1 atom stereocenters. The number of amides is 1. The highest BCUT2D eigenvalue weighted by molar-refractivity contribution is 5.80. The lowest BCUT2D eigenvalue weighted by Crippen LogP contribution is -2.56. The van der Waals surface area contributed by atoms with Gasteiger partial charge in [0, 0.05) is 0 Å². The van der Waals surface area contributed by atoms with Crippen molar-refractivity contribution in [1.29, 1.82) is 0 Å². The molecule has 0 aromatic carbocycles. The molecule has 1 amide bonds. The highest BCUT2D eigenvalue weighted by Crippen LogP contribution is 2.57. The van der Waals surface area contributed by atoms with Gasteiger partial charge >= 0.3 is 0 Å². The standard InChI is InChI=1S/C20H37NO2/c1-18(2,17(21)23)16(22)15(19(3)11-7-5-8-12-19)20(4)13-9-6-10-14-20/h15-16,22H,5-14H2,1-4H3,(H2,21,23). The monoisotopic (exact) mass is 323 g/mol. The Hall–Kier alpha value is -0.570. The van der Waals surface area contributed by atoms with Crippen molar-refractivity contribution >= 4 is 5.91 Å². The molecule has 3 nitrogen and oxygen atoms in total. The lowest BCUT2D eigenvalue weighted by Gasteiger charge is -2.55. The summed E-state index contributed by atoms with van der Waals surface area (Å²) in [5.74, 6) is -0.230. The minimum atomic E-state index is -0.869. The second kappa shape index (κ2) is 6.74. The van der Waals surface area contributed by atoms with Gasteiger partial charge in [-0.25, -0.2) is 0 Å². The first-order chi connectivity index (χ1) is 10.6. The van der Waals surface area contributed by atoms with Gasteiger partial charge < -0.3 is 10.8 Å². The quantitative estimate of drug-likeness (QED) is 0.787. The number of aliphatic hydroxyl groups is 1. The van der Waals surface area contributed by atoms with E-state index in [-0.39, 0.29) is 22.7 Å². The van der Waals surface area contributed by atoms with Crippen molar-refractivity contribution in [3.05, 3.63) is 0 Å². The van der Waals surface area contributed by atoms with E-state index < -0.39 is 11.5 Å². The molecule has 0 radical (unpaired) electrons. The molecule has 0 aromatic rings. The maximum absolute atomic E-state index is 12.0. The first-order valence-corrected chi connectivity index (χ1v) is 9.61. The number of hydrogen-bond acceptors (Lipinski definition) is 2. The van der Waals surface area contributed by atoms with Crippen molar-refractivity contribution in [3.63, 3.8) is 0 Å². The summed E-state index contributed by atoms with van der Waals surface area (Å²) in [4.78, 5) is 12.0. The third-order valence-electron chi connectivity index (χ3n) is 7.18. The Morgan fingerprint density at radius 3 is 1.57 bits per heavy atom. The summed E-state index contributed by atoms with van der Waals surface area (Å²) in [6.45, 7) is 8.37. The number of nitrogens with two attached hydrogens (primary N) is 1. The first kappa shape index (κ1) is 18.8. The average Bonchev–Trinajstić information content (AvgIpc) is 2.48. The van der Waals surface area contributed by atoms with Gasteiger partial charge in [0.25, 0.3) is 0 Å². The number of aliphatic hydroxyl groups excluding tert-OH is 1. The van der Waals surface area contributed by atoms with Crippen LogP contribution >= 0.6 is 0 Å². The number of hydrogen-bond donors (Lipinski definition) is 2. The molecule has 3 N–H and O–H groups in total. The van der Waals surface area contributed by atoms with E-state index in [1.807, 2.05) is 13.8 Å². The molecular formula is C20H37NO2.